The highest BCUT2D eigenvalue weighted by atomic mass is 16.2. The highest BCUT2D eigenvalue weighted by Crippen LogP contribution is 2.31. The number of carbonyl (C=O) groups excluding carboxylic acids is 1. The highest BCUT2D eigenvalue weighted by Gasteiger charge is 2.34. The van der Waals surface area contributed by atoms with Crippen molar-refractivity contribution < 1.29 is 4.79 Å². The predicted molar refractivity (Wildman–Crippen MR) is 64.0 cm³/mol. The molecule has 2 aliphatic rings. The van der Waals surface area contributed by atoms with E-state index in [2.05, 4.69) is 10.2 Å². The van der Waals surface area contributed by atoms with Crippen LogP contribution in [0.4, 0.5) is 0 Å². The maximum Gasteiger partial charge on any atom is 0.225 e. The van der Waals surface area contributed by atoms with Crippen LogP contribution in [-0.4, -0.2) is 43.0 Å². The summed E-state index contributed by atoms with van der Waals surface area (Å²) in [6.45, 7) is 3.65. The molecular weight excluding hydrogens is 202 g/mol. The van der Waals surface area contributed by atoms with Gasteiger partial charge in [-0.3, -0.25) is 4.79 Å². The van der Waals surface area contributed by atoms with Crippen molar-refractivity contribution in [2.45, 2.75) is 38.1 Å². The molecule has 0 bridgehead atoms. The summed E-state index contributed by atoms with van der Waals surface area (Å²) in [6, 6.07) is 0.592. The summed E-state index contributed by atoms with van der Waals surface area (Å²) >= 11 is 0. The first-order valence-corrected chi connectivity index (χ1v) is 6.53. The SMILES string of the molecule is NCCCNC1CCN(C(=O)C2CC2)CC1. The van der Waals surface area contributed by atoms with Crippen LogP contribution in [0.5, 0.6) is 0 Å². The van der Waals surface area contributed by atoms with Crippen molar-refractivity contribution in [1.29, 1.82) is 0 Å². The van der Waals surface area contributed by atoms with E-state index in [1.165, 1.54) is 0 Å². The van der Waals surface area contributed by atoms with E-state index in [0.29, 0.717) is 17.9 Å². The second-order valence-electron chi connectivity index (χ2n) is 4.97. The summed E-state index contributed by atoms with van der Waals surface area (Å²) in [4.78, 5) is 13.9. The molecule has 0 unspecified atom stereocenters. The first-order valence-electron chi connectivity index (χ1n) is 6.53. The van der Waals surface area contributed by atoms with E-state index in [-0.39, 0.29) is 0 Å². The molecule has 1 saturated carbocycles. The van der Waals surface area contributed by atoms with Crippen molar-refractivity contribution in [3.8, 4) is 0 Å². The molecular formula is C12H23N3O. The van der Waals surface area contributed by atoms with Crippen LogP contribution < -0.4 is 11.1 Å². The van der Waals surface area contributed by atoms with Crippen molar-refractivity contribution >= 4 is 5.91 Å². The molecule has 4 heteroatoms. The molecule has 16 heavy (non-hydrogen) atoms. The fourth-order valence-electron chi connectivity index (χ4n) is 2.30. The van der Waals surface area contributed by atoms with Gasteiger partial charge in [0.2, 0.25) is 5.91 Å². The maximum absolute atomic E-state index is 11.8. The van der Waals surface area contributed by atoms with Crippen LogP contribution in [0.3, 0.4) is 0 Å². The average Bonchev–Trinajstić information content (AvgIpc) is 3.13. The lowest BCUT2D eigenvalue weighted by Crippen LogP contribution is -2.45. The van der Waals surface area contributed by atoms with Gasteiger partial charge in [0.05, 0.1) is 0 Å². The summed E-state index contributed by atoms with van der Waals surface area (Å²) in [5.41, 5.74) is 5.45. The van der Waals surface area contributed by atoms with E-state index in [9.17, 15) is 4.79 Å². The molecule has 0 atom stereocenters. The summed E-state index contributed by atoms with van der Waals surface area (Å²) in [5.74, 6) is 0.780. The zero-order chi connectivity index (χ0) is 11.4. The lowest BCUT2D eigenvalue weighted by Gasteiger charge is -2.32. The fraction of sp³-hybridized carbons (Fsp3) is 0.917. The Morgan fingerprint density at radius 3 is 2.50 bits per heavy atom. The molecule has 2 rings (SSSR count). The number of nitrogens with zero attached hydrogens (tertiary/aromatic N) is 1. The number of hydrogen-bond donors (Lipinski definition) is 2. The molecule has 1 amide bonds. The molecule has 92 valence electrons. The molecule has 1 aliphatic heterocycles. The van der Waals surface area contributed by atoms with E-state index < -0.39 is 0 Å². The Bertz CT molecular complexity index is 232. The smallest absolute Gasteiger partial charge is 0.225 e. The minimum atomic E-state index is 0.377. The van der Waals surface area contributed by atoms with Crippen LogP contribution in [0, 0.1) is 5.92 Å². The van der Waals surface area contributed by atoms with Gasteiger partial charge in [-0.2, -0.15) is 0 Å². The Labute approximate surface area is 97.6 Å². The van der Waals surface area contributed by atoms with E-state index in [4.69, 9.17) is 5.73 Å². The molecule has 2 fully saturated rings. The summed E-state index contributed by atoms with van der Waals surface area (Å²) in [5, 5.41) is 3.51. The average molecular weight is 225 g/mol. The normalized spacial score (nSPS) is 22.4. The first-order chi connectivity index (χ1) is 7.81. The first kappa shape index (κ1) is 11.9. The van der Waals surface area contributed by atoms with Gasteiger partial charge in [-0.15, -0.1) is 0 Å². The Morgan fingerprint density at radius 2 is 1.94 bits per heavy atom. The number of carbonyl (C=O) groups is 1. The number of piperidine rings is 1. The molecule has 3 N–H and O–H groups in total. The number of amides is 1. The van der Waals surface area contributed by atoms with Crippen LogP contribution >= 0.6 is 0 Å². The standard InChI is InChI=1S/C12H23N3O/c13-6-1-7-14-11-4-8-15(9-5-11)12(16)10-2-3-10/h10-11,14H,1-9,13H2. The van der Waals surface area contributed by atoms with Gasteiger partial charge in [0.1, 0.15) is 0 Å². The minimum absolute atomic E-state index is 0.377. The van der Waals surface area contributed by atoms with Crippen LogP contribution in [0.25, 0.3) is 0 Å². The molecule has 0 aromatic rings. The van der Waals surface area contributed by atoms with E-state index in [1.807, 2.05) is 0 Å². The zero-order valence-corrected chi connectivity index (χ0v) is 9.95. The van der Waals surface area contributed by atoms with Crippen molar-refractivity contribution in [3.63, 3.8) is 0 Å². The Morgan fingerprint density at radius 1 is 1.25 bits per heavy atom. The van der Waals surface area contributed by atoms with Crippen molar-refractivity contribution in [2.75, 3.05) is 26.2 Å². The lowest BCUT2D eigenvalue weighted by atomic mass is 10.0. The van der Waals surface area contributed by atoms with Gasteiger partial charge in [-0.05, 0) is 45.2 Å². The molecule has 0 radical (unpaired) electrons. The fourth-order valence-corrected chi connectivity index (χ4v) is 2.30. The molecule has 1 heterocycles. The summed E-state index contributed by atoms with van der Waals surface area (Å²) in [6.07, 6.45) is 5.48. The van der Waals surface area contributed by atoms with Crippen molar-refractivity contribution in [1.82, 2.24) is 10.2 Å². The molecule has 0 spiro atoms. The van der Waals surface area contributed by atoms with E-state index >= 15 is 0 Å². The summed E-state index contributed by atoms with van der Waals surface area (Å²) in [7, 11) is 0. The number of nitrogens with one attached hydrogen (secondary N) is 1. The molecule has 0 aromatic heterocycles. The molecule has 1 saturated heterocycles. The van der Waals surface area contributed by atoms with Crippen molar-refractivity contribution in [3.05, 3.63) is 0 Å². The topological polar surface area (TPSA) is 58.4 Å². The van der Waals surface area contributed by atoms with Crippen LogP contribution in [0.2, 0.25) is 0 Å². The Balaban J connectivity index is 1.63. The number of hydrogen-bond acceptors (Lipinski definition) is 3. The molecule has 0 aromatic carbocycles. The number of likely N-dealkylation sites (tertiary alicyclic amines) is 1. The van der Waals surface area contributed by atoms with Gasteiger partial charge in [0.25, 0.3) is 0 Å². The van der Waals surface area contributed by atoms with E-state index in [1.54, 1.807) is 0 Å². The van der Waals surface area contributed by atoms with Crippen LogP contribution in [-0.2, 0) is 4.79 Å². The van der Waals surface area contributed by atoms with Crippen LogP contribution in [0.15, 0.2) is 0 Å². The lowest BCUT2D eigenvalue weighted by molar-refractivity contribution is -0.133. The van der Waals surface area contributed by atoms with Gasteiger partial charge < -0.3 is 16.0 Å². The molecule has 1 aliphatic carbocycles. The van der Waals surface area contributed by atoms with Gasteiger partial charge in [-0.1, -0.05) is 0 Å². The second-order valence-corrected chi connectivity index (χ2v) is 4.97. The van der Waals surface area contributed by atoms with Crippen molar-refractivity contribution in [2.24, 2.45) is 11.7 Å². The molecule has 4 nitrogen and oxygen atoms in total. The monoisotopic (exact) mass is 225 g/mol. The second kappa shape index (κ2) is 5.64. The predicted octanol–water partition coefficient (Wildman–Crippen LogP) is 0.326. The third-order valence-corrected chi connectivity index (χ3v) is 3.55. The van der Waals surface area contributed by atoms with Gasteiger partial charge in [0.15, 0.2) is 0 Å². The zero-order valence-electron chi connectivity index (χ0n) is 9.95. The largest absolute Gasteiger partial charge is 0.342 e. The van der Waals surface area contributed by atoms with Gasteiger partial charge >= 0.3 is 0 Å². The number of rotatable bonds is 5. The maximum atomic E-state index is 11.8. The van der Waals surface area contributed by atoms with E-state index in [0.717, 1.165) is 58.3 Å². The third kappa shape index (κ3) is 3.19. The van der Waals surface area contributed by atoms with Gasteiger partial charge in [-0.25, -0.2) is 0 Å². The third-order valence-electron chi connectivity index (χ3n) is 3.55. The Hall–Kier alpha value is -0.610. The van der Waals surface area contributed by atoms with Gasteiger partial charge in [0, 0.05) is 25.0 Å². The van der Waals surface area contributed by atoms with Crippen LogP contribution in [0.1, 0.15) is 32.1 Å². The minimum Gasteiger partial charge on any atom is -0.342 e. The highest BCUT2D eigenvalue weighted by molar-refractivity contribution is 5.81. The Kier molecular flexibility index (Phi) is 4.18. The quantitative estimate of drug-likeness (QED) is 0.663. The summed E-state index contributed by atoms with van der Waals surface area (Å²) < 4.78 is 0. The number of nitrogens with two attached hydrogens (primary N) is 1.